The minimum Gasteiger partial charge on any atom is -0.292 e. The number of hydrogen-bond donors (Lipinski definition) is 1. The number of benzene rings is 2. The number of nitriles is 1. The Morgan fingerprint density at radius 3 is 2.27 bits per heavy atom. The number of nitrogens with zero attached hydrogens (tertiary/aromatic N) is 2. The van der Waals surface area contributed by atoms with Crippen LogP contribution < -0.4 is 5.14 Å². The Kier molecular flexibility index (Phi) is 5.04. The first-order chi connectivity index (χ1) is 10.5. The van der Waals surface area contributed by atoms with Crippen LogP contribution in [0, 0.1) is 11.3 Å². The second-order valence-electron chi connectivity index (χ2n) is 4.71. The Bertz CT molecular complexity index is 802. The molecule has 0 atom stereocenters. The number of aliphatic imine (C=N–C) groups is 1. The molecular weight excluding hydrogens is 298 g/mol. The summed E-state index contributed by atoms with van der Waals surface area (Å²) in [5.41, 5.74) is 2.54. The minimum absolute atomic E-state index is 0.109. The van der Waals surface area contributed by atoms with E-state index in [0.717, 1.165) is 11.1 Å². The van der Waals surface area contributed by atoms with Gasteiger partial charge in [0.15, 0.2) is 0 Å². The van der Waals surface area contributed by atoms with Crippen molar-refractivity contribution in [1.82, 2.24) is 0 Å². The summed E-state index contributed by atoms with van der Waals surface area (Å²) in [4.78, 5) is 4.42. The Morgan fingerprint density at radius 2 is 1.73 bits per heavy atom. The van der Waals surface area contributed by atoms with Gasteiger partial charge in [-0.15, -0.1) is 0 Å². The molecule has 5 nitrogen and oxygen atoms in total. The van der Waals surface area contributed by atoms with Crippen LogP contribution in [0.3, 0.4) is 0 Å². The predicted molar refractivity (Wildman–Crippen MR) is 85.1 cm³/mol. The average Bonchev–Trinajstić information content (AvgIpc) is 2.52. The normalized spacial score (nSPS) is 11.5. The third-order valence-corrected chi connectivity index (χ3v) is 3.99. The molecule has 0 aromatic heterocycles. The van der Waals surface area contributed by atoms with E-state index in [0.29, 0.717) is 18.5 Å². The van der Waals surface area contributed by atoms with E-state index in [4.69, 9.17) is 10.4 Å². The summed E-state index contributed by atoms with van der Waals surface area (Å²) in [5, 5.41) is 13.8. The fourth-order valence-electron chi connectivity index (χ4n) is 1.85. The Morgan fingerprint density at radius 1 is 1.09 bits per heavy atom. The van der Waals surface area contributed by atoms with Crippen LogP contribution in [-0.4, -0.2) is 21.2 Å². The SMILES string of the molecule is N#Cc1ccc(C=NCCc2ccc(S(N)(=O)=O)cc2)cc1. The van der Waals surface area contributed by atoms with E-state index in [1.54, 1.807) is 30.5 Å². The molecule has 0 saturated carbocycles. The zero-order valence-electron chi connectivity index (χ0n) is 11.8. The van der Waals surface area contributed by atoms with Gasteiger partial charge in [-0.2, -0.15) is 5.26 Å². The summed E-state index contributed by atoms with van der Waals surface area (Å²) in [5.74, 6) is 0. The largest absolute Gasteiger partial charge is 0.292 e. The zero-order chi connectivity index (χ0) is 16.0. The zero-order valence-corrected chi connectivity index (χ0v) is 12.6. The standard InChI is InChI=1S/C16H15N3O2S/c17-11-14-1-3-15(4-2-14)12-19-10-9-13-5-7-16(8-6-13)22(18,20)21/h1-8,12H,9-10H2,(H2,18,20,21). The lowest BCUT2D eigenvalue weighted by Gasteiger charge is -2.01. The van der Waals surface area contributed by atoms with Gasteiger partial charge in [0.1, 0.15) is 0 Å². The van der Waals surface area contributed by atoms with Gasteiger partial charge in [0.05, 0.1) is 16.5 Å². The summed E-state index contributed by atoms with van der Waals surface area (Å²) >= 11 is 0. The molecule has 2 aromatic rings. The smallest absolute Gasteiger partial charge is 0.238 e. The van der Waals surface area contributed by atoms with Crippen LogP contribution in [0.2, 0.25) is 0 Å². The van der Waals surface area contributed by atoms with Gasteiger partial charge in [-0.3, -0.25) is 4.99 Å². The maximum atomic E-state index is 11.1. The van der Waals surface area contributed by atoms with Crippen molar-refractivity contribution in [2.45, 2.75) is 11.3 Å². The van der Waals surface area contributed by atoms with Crippen molar-refractivity contribution in [2.75, 3.05) is 6.54 Å². The van der Waals surface area contributed by atoms with Gasteiger partial charge in [0.2, 0.25) is 10.0 Å². The first kappa shape index (κ1) is 15.9. The van der Waals surface area contributed by atoms with E-state index in [1.165, 1.54) is 12.1 Å². The summed E-state index contributed by atoms with van der Waals surface area (Å²) in [6.45, 7) is 0.592. The number of rotatable bonds is 5. The average molecular weight is 313 g/mol. The Labute approximate surface area is 129 Å². The summed E-state index contributed by atoms with van der Waals surface area (Å²) < 4.78 is 22.3. The van der Waals surface area contributed by atoms with Crippen molar-refractivity contribution in [1.29, 1.82) is 5.26 Å². The van der Waals surface area contributed by atoms with Crippen molar-refractivity contribution in [3.05, 3.63) is 65.2 Å². The number of sulfonamides is 1. The fourth-order valence-corrected chi connectivity index (χ4v) is 2.37. The van der Waals surface area contributed by atoms with E-state index in [1.807, 2.05) is 12.1 Å². The molecule has 0 saturated heterocycles. The highest BCUT2D eigenvalue weighted by Gasteiger charge is 2.06. The quantitative estimate of drug-likeness (QED) is 0.853. The minimum atomic E-state index is -3.64. The van der Waals surface area contributed by atoms with Gasteiger partial charge in [0, 0.05) is 12.8 Å². The highest BCUT2D eigenvalue weighted by molar-refractivity contribution is 7.89. The van der Waals surface area contributed by atoms with Gasteiger partial charge in [0.25, 0.3) is 0 Å². The van der Waals surface area contributed by atoms with Crippen molar-refractivity contribution >= 4 is 16.2 Å². The monoisotopic (exact) mass is 313 g/mol. The fraction of sp³-hybridized carbons (Fsp3) is 0.125. The molecular formula is C16H15N3O2S. The van der Waals surface area contributed by atoms with Crippen molar-refractivity contribution < 1.29 is 8.42 Å². The second kappa shape index (κ2) is 6.98. The maximum Gasteiger partial charge on any atom is 0.238 e. The summed E-state index contributed by atoms with van der Waals surface area (Å²) in [6.07, 6.45) is 2.46. The molecule has 2 rings (SSSR count). The lowest BCUT2D eigenvalue weighted by Crippen LogP contribution is -2.11. The van der Waals surface area contributed by atoms with E-state index >= 15 is 0 Å². The molecule has 0 amide bonds. The maximum absolute atomic E-state index is 11.1. The van der Waals surface area contributed by atoms with Crippen LogP contribution in [0.4, 0.5) is 0 Å². The number of nitrogens with two attached hydrogens (primary N) is 1. The highest BCUT2D eigenvalue weighted by atomic mass is 32.2. The van der Waals surface area contributed by atoms with Crippen LogP contribution in [0.15, 0.2) is 58.4 Å². The first-order valence-corrected chi connectivity index (χ1v) is 8.15. The van der Waals surface area contributed by atoms with Crippen molar-refractivity contribution in [2.24, 2.45) is 10.1 Å². The van der Waals surface area contributed by atoms with Crippen LogP contribution in [0.5, 0.6) is 0 Å². The lowest BCUT2D eigenvalue weighted by molar-refractivity contribution is 0.598. The molecule has 2 aromatic carbocycles. The van der Waals surface area contributed by atoms with E-state index in [2.05, 4.69) is 11.1 Å². The lowest BCUT2D eigenvalue weighted by atomic mass is 10.1. The molecule has 0 fully saturated rings. The van der Waals surface area contributed by atoms with Gasteiger partial charge in [-0.25, -0.2) is 13.6 Å². The van der Waals surface area contributed by atoms with E-state index < -0.39 is 10.0 Å². The molecule has 0 heterocycles. The first-order valence-electron chi connectivity index (χ1n) is 6.61. The molecule has 6 heteroatoms. The Balaban J connectivity index is 1.90. The summed E-state index contributed by atoms with van der Waals surface area (Å²) in [6, 6.07) is 15.7. The third kappa shape index (κ3) is 4.52. The molecule has 22 heavy (non-hydrogen) atoms. The topological polar surface area (TPSA) is 96.3 Å². The van der Waals surface area contributed by atoms with Gasteiger partial charge in [-0.1, -0.05) is 24.3 Å². The summed E-state index contributed by atoms with van der Waals surface area (Å²) in [7, 11) is -3.64. The Hall–Kier alpha value is -2.49. The molecule has 0 spiro atoms. The molecule has 0 unspecified atom stereocenters. The molecule has 0 aliphatic heterocycles. The molecule has 2 N–H and O–H groups in total. The van der Waals surface area contributed by atoms with Crippen LogP contribution in [0.25, 0.3) is 0 Å². The van der Waals surface area contributed by atoms with Crippen molar-refractivity contribution in [3.8, 4) is 6.07 Å². The number of primary sulfonamides is 1. The second-order valence-corrected chi connectivity index (χ2v) is 6.27. The molecule has 112 valence electrons. The van der Waals surface area contributed by atoms with Gasteiger partial charge in [-0.05, 0) is 41.8 Å². The molecule has 0 aliphatic carbocycles. The highest BCUT2D eigenvalue weighted by Crippen LogP contribution is 2.09. The third-order valence-electron chi connectivity index (χ3n) is 3.06. The van der Waals surface area contributed by atoms with Gasteiger partial charge < -0.3 is 0 Å². The van der Waals surface area contributed by atoms with E-state index in [9.17, 15) is 8.42 Å². The molecule has 0 bridgehead atoms. The predicted octanol–water partition coefficient (Wildman–Crippen LogP) is 1.87. The molecule has 0 aliphatic rings. The van der Waals surface area contributed by atoms with Crippen molar-refractivity contribution in [3.63, 3.8) is 0 Å². The van der Waals surface area contributed by atoms with Crippen LogP contribution in [-0.2, 0) is 16.4 Å². The van der Waals surface area contributed by atoms with E-state index in [-0.39, 0.29) is 4.90 Å². The molecule has 0 radical (unpaired) electrons. The van der Waals surface area contributed by atoms with Crippen LogP contribution >= 0.6 is 0 Å². The van der Waals surface area contributed by atoms with Gasteiger partial charge >= 0.3 is 0 Å². The number of hydrogen-bond acceptors (Lipinski definition) is 4. The van der Waals surface area contributed by atoms with Crippen LogP contribution in [0.1, 0.15) is 16.7 Å².